The molecule has 0 heterocycles. The number of phenols is 1. The highest BCUT2D eigenvalue weighted by Crippen LogP contribution is 2.30. The van der Waals surface area contributed by atoms with Crippen LogP contribution in [0.15, 0.2) is 12.1 Å². The summed E-state index contributed by atoms with van der Waals surface area (Å²) in [6.45, 7) is 1.74. The first-order chi connectivity index (χ1) is 6.91. The van der Waals surface area contributed by atoms with Crippen molar-refractivity contribution in [3.63, 3.8) is 0 Å². The van der Waals surface area contributed by atoms with Crippen LogP contribution in [0.2, 0.25) is 5.02 Å². The standard InChI is InChI=1S/C10H12ClNO3/c1-5-2-9(13)7(11)3-6(5)8(12)4-10(14)15/h2-3,8,13H,4,12H2,1H3,(H,14,15). The summed E-state index contributed by atoms with van der Waals surface area (Å²) in [5.74, 6) is -0.994. The Labute approximate surface area is 92.3 Å². The second kappa shape index (κ2) is 4.51. The third-order valence-corrected chi connectivity index (χ3v) is 2.43. The van der Waals surface area contributed by atoms with Crippen LogP contribution in [-0.4, -0.2) is 16.2 Å². The minimum Gasteiger partial charge on any atom is -0.506 e. The molecule has 15 heavy (non-hydrogen) atoms. The molecule has 0 saturated heterocycles. The summed E-state index contributed by atoms with van der Waals surface area (Å²) in [4.78, 5) is 10.5. The molecule has 1 atom stereocenters. The van der Waals surface area contributed by atoms with Crippen LogP contribution < -0.4 is 5.73 Å². The fourth-order valence-electron chi connectivity index (χ4n) is 1.38. The maximum Gasteiger partial charge on any atom is 0.305 e. The van der Waals surface area contributed by atoms with Gasteiger partial charge in [0.1, 0.15) is 5.75 Å². The fraction of sp³-hybridized carbons (Fsp3) is 0.300. The lowest BCUT2D eigenvalue weighted by Crippen LogP contribution is -2.16. The van der Waals surface area contributed by atoms with Crippen LogP contribution in [0.4, 0.5) is 0 Å². The number of aryl methyl sites for hydroxylation is 1. The summed E-state index contributed by atoms with van der Waals surface area (Å²) in [7, 11) is 0. The first-order valence-corrected chi connectivity index (χ1v) is 4.76. The number of rotatable bonds is 3. The van der Waals surface area contributed by atoms with Crippen molar-refractivity contribution in [2.75, 3.05) is 0 Å². The summed E-state index contributed by atoms with van der Waals surface area (Å²) in [5, 5.41) is 18.1. The highest BCUT2D eigenvalue weighted by atomic mass is 35.5. The molecule has 0 aromatic heterocycles. The van der Waals surface area contributed by atoms with E-state index >= 15 is 0 Å². The molecule has 0 bridgehead atoms. The van der Waals surface area contributed by atoms with E-state index in [-0.39, 0.29) is 17.2 Å². The van der Waals surface area contributed by atoms with Crippen molar-refractivity contribution in [1.82, 2.24) is 0 Å². The molecular formula is C10H12ClNO3. The van der Waals surface area contributed by atoms with Crippen molar-refractivity contribution in [1.29, 1.82) is 0 Å². The molecule has 0 amide bonds. The van der Waals surface area contributed by atoms with E-state index in [1.165, 1.54) is 12.1 Å². The largest absolute Gasteiger partial charge is 0.506 e. The zero-order valence-electron chi connectivity index (χ0n) is 8.20. The van der Waals surface area contributed by atoms with Gasteiger partial charge in [0.05, 0.1) is 11.4 Å². The van der Waals surface area contributed by atoms with Crippen LogP contribution in [0.5, 0.6) is 5.75 Å². The molecule has 1 aromatic rings. The SMILES string of the molecule is Cc1cc(O)c(Cl)cc1C(N)CC(=O)O. The number of aromatic hydroxyl groups is 1. The molecule has 0 fully saturated rings. The third kappa shape index (κ3) is 2.84. The van der Waals surface area contributed by atoms with Crippen LogP contribution in [0, 0.1) is 6.92 Å². The topological polar surface area (TPSA) is 83.5 Å². The highest BCUT2D eigenvalue weighted by Gasteiger charge is 2.14. The number of carboxylic acids is 1. The van der Waals surface area contributed by atoms with Crippen LogP contribution in [0.3, 0.4) is 0 Å². The number of nitrogens with two attached hydrogens (primary N) is 1. The average Bonchev–Trinajstić information content (AvgIpc) is 2.09. The molecule has 4 N–H and O–H groups in total. The Morgan fingerprint density at radius 1 is 1.60 bits per heavy atom. The normalized spacial score (nSPS) is 12.5. The van der Waals surface area contributed by atoms with Gasteiger partial charge in [0.15, 0.2) is 0 Å². The number of carboxylic acid groups (broad SMARTS) is 1. The molecule has 0 aliphatic carbocycles. The molecule has 82 valence electrons. The smallest absolute Gasteiger partial charge is 0.305 e. The van der Waals surface area contributed by atoms with Gasteiger partial charge in [-0.2, -0.15) is 0 Å². The van der Waals surface area contributed by atoms with Crippen molar-refractivity contribution in [3.8, 4) is 5.75 Å². The number of hydrogen-bond acceptors (Lipinski definition) is 3. The Balaban J connectivity index is 3.03. The second-order valence-corrected chi connectivity index (χ2v) is 3.77. The number of carbonyl (C=O) groups is 1. The molecule has 0 spiro atoms. The summed E-state index contributed by atoms with van der Waals surface area (Å²) < 4.78 is 0. The van der Waals surface area contributed by atoms with Gasteiger partial charge >= 0.3 is 5.97 Å². The molecule has 0 saturated carbocycles. The quantitative estimate of drug-likeness (QED) is 0.738. The predicted octanol–water partition coefficient (Wildman–Crippen LogP) is 1.83. The van der Waals surface area contributed by atoms with Gasteiger partial charge in [0, 0.05) is 6.04 Å². The molecule has 0 aliphatic rings. The average molecular weight is 230 g/mol. The molecule has 1 unspecified atom stereocenters. The molecule has 0 aliphatic heterocycles. The summed E-state index contributed by atoms with van der Waals surface area (Å²) >= 11 is 5.71. The van der Waals surface area contributed by atoms with E-state index in [1.807, 2.05) is 0 Å². The summed E-state index contributed by atoms with van der Waals surface area (Å²) in [6.07, 6.45) is -0.165. The Hall–Kier alpha value is -1.26. The fourth-order valence-corrected chi connectivity index (χ4v) is 1.55. The van der Waals surface area contributed by atoms with Gasteiger partial charge in [-0.25, -0.2) is 0 Å². The summed E-state index contributed by atoms with van der Waals surface area (Å²) in [5.41, 5.74) is 7.06. The highest BCUT2D eigenvalue weighted by molar-refractivity contribution is 6.32. The van der Waals surface area contributed by atoms with E-state index in [2.05, 4.69) is 0 Å². The summed E-state index contributed by atoms with van der Waals surface area (Å²) in [6, 6.07) is 2.36. The van der Waals surface area contributed by atoms with Crippen LogP contribution in [0.1, 0.15) is 23.6 Å². The van der Waals surface area contributed by atoms with Gasteiger partial charge < -0.3 is 15.9 Å². The number of benzene rings is 1. The lowest BCUT2D eigenvalue weighted by Gasteiger charge is -2.13. The van der Waals surface area contributed by atoms with Crippen LogP contribution in [-0.2, 0) is 4.79 Å². The van der Waals surface area contributed by atoms with E-state index in [0.29, 0.717) is 5.56 Å². The molecule has 0 radical (unpaired) electrons. The zero-order chi connectivity index (χ0) is 11.6. The lowest BCUT2D eigenvalue weighted by atomic mass is 9.99. The zero-order valence-corrected chi connectivity index (χ0v) is 8.95. The van der Waals surface area contributed by atoms with Gasteiger partial charge in [-0.15, -0.1) is 0 Å². The van der Waals surface area contributed by atoms with Gasteiger partial charge in [-0.3, -0.25) is 4.79 Å². The van der Waals surface area contributed by atoms with E-state index in [0.717, 1.165) is 5.56 Å². The Kier molecular flexibility index (Phi) is 3.55. The van der Waals surface area contributed by atoms with E-state index in [1.54, 1.807) is 6.92 Å². The minimum absolute atomic E-state index is 0.0274. The van der Waals surface area contributed by atoms with Gasteiger partial charge in [0.2, 0.25) is 0 Å². The van der Waals surface area contributed by atoms with Crippen molar-refractivity contribution in [3.05, 3.63) is 28.3 Å². The predicted molar refractivity (Wildman–Crippen MR) is 57.0 cm³/mol. The van der Waals surface area contributed by atoms with Gasteiger partial charge in [-0.1, -0.05) is 11.6 Å². The van der Waals surface area contributed by atoms with Crippen LogP contribution in [0.25, 0.3) is 0 Å². The first kappa shape index (κ1) is 11.8. The molecular weight excluding hydrogens is 218 g/mol. The second-order valence-electron chi connectivity index (χ2n) is 3.36. The minimum atomic E-state index is -0.967. The number of phenolic OH excluding ortho intramolecular Hbond substituents is 1. The maximum absolute atomic E-state index is 10.5. The molecule has 4 nitrogen and oxygen atoms in total. The first-order valence-electron chi connectivity index (χ1n) is 4.38. The Morgan fingerprint density at radius 2 is 2.20 bits per heavy atom. The molecule has 5 heteroatoms. The third-order valence-electron chi connectivity index (χ3n) is 2.13. The van der Waals surface area contributed by atoms with Crippen molar-refractivity contribution < 1.29 is 15.0 Å². The molecule has 1 rings (SSSR count). The monoisotopic (exact) mass is 229 g/mol. The van der Waals surface area contributed by atoms with Crippen molar-refractivity contribution >= 4 is 17.6 Å². The van der Waals surface area contributed by atoms with Crippen LogP contribution >= 0.6 is 11.6 Å². The Morgan fingerprint density at radius 3 is 2.73 bits per heavy atom. The number of hydrogen-bond donors (Lipinski definition) is 3. The van der Waals surface area contributed by atoms with Crippen molar-refractivity contribution in [2.24, 2.45) is 5.73 Å². The van der Waals surface area contributed by atoms with E-state index in [9.17, 15) is 9.90 Å². The Bertz CT molecular complexity index is 392. The molecule has 1 aromatic carbocycles. The van der Waals surface area contributed by atoms with Crippen molar-refractivity contribution in [2.45, 2.75) is 19.4 Å². The number of aliphatic carboxylic acids is 1. The maximum atomic E-state index is 10.5. The van der Waals surface area contributed by atoms with Gasteiger partial charge in [-0.05, 0) is 30.2 Å². The van der Waals surface area contributed by atoms with E-state index in [4.69, 9.17) is 22.4 Å². The number of halogens is 1. The van der Waals surface area contributed by atoms with E-state index < -0.39 is 12.0 Å². The lowest BCUT2D eigenvalue weighted by molar-refractivity contribution is -0.137. The van der Waals surface area contributed by atoms with Gasteiger partial charge in [0.25, 0.3) is 0 Å².